The largest absolute Gasteiger partial charge is 0.435 e. The Balaban J connectivity index is 1.91. The fourth-order valence-corrected chi connectivity index (χ4v) is 2.47. The van der Waals surface area contributed by atoms with Crippen molar-refractivity contribution in [3.63, 3.8) is 0 Å². The Morgan fingerprint density at radius 1 is 1.08 bits per heavy atom. The molecule has 0 saturated heterocycles. The van der Waals surface area contributed by atoms with Crippen molar-refractivity contribution in [2.24, 2.45) is 0 Å². The number of ether oxygens (including phenoxy) is 1. The van der Waals surface area contributed by atoms with Gasteiger partial charge >= 0.3 is 6.61 Å². The van der Waals surface area contributed by atoms with Gasteiger partial charge in [-0.25, -0.2) is 0 Å². The van der Waals surface area contributed by atoms with Gasteiger partial charge in [-0.05, 0) is 53.5 Å². The van der Waals surface area contributed by atoms with E-state index in [1.807, 2.05) is 11.9 Å². The van der Waals surface area contributed by atoms with Gasteiger partial charge in [0.2, 0.25) is 0 Å². The van der Waals surface area contributed by atoms with Gasteiger partial charge in [-0.3, -0.25) is 0 Å². The molecule has 0 aliphatic carbocycles. The van der Waals surface area contributed by atoms with Crippen molar-refractivity contribution in [1.82, 2.24) is 4.90 Å². The van der Waals surface area contributed by atoms with E-state index in [-0.39, 0.29) is 5.75 Å². The van der Waals surface area contributed by atoms with E-state index < -0.39 is 6.61 Å². The lowest BCUT2D eigenvalue weighted by atomic mass is 10.0. The highest BCUT2D eigenvalue weighted by Gasteiger charge is 2.08. The molecule has 0 spiro atoms. The molecule has 0 aromatic heterocycles. The summed E-state index contributed by atoms with van der Waals surface area (Å²) in [5.41, 5.74) is 3.18. The van der Waals surface area contributed by atoms with Crippen LogP contribution in [0.1, 0.15) is 30.9 Å². The minimum atomic E-state index is -2.83. The molecule has 25 heavy (non-hydrogen) atoms. The highest BCUT2D eigenvalue weighted by atomic mass is 32.1. The van der Waals surface area contributed by atoms with Crippen molar-refractivity contribution in [3.8, 4) is 5.75 Å². The fraction of sp³-hybridized carbons (Fsp3) is 0.316. The van der Waals surface area contributed by atoms with Crippen LogP contribution in [0.15, 0.2) is 48.5 Å². The smallest absolute Gasteiger partial charge is 0.387 e. The molecule has 3 nitrogen and oxygen atoms in total. The topological polar surface area (TPSA) is 24.5 Å². The van der Waals surface area contributed by atoms with E-state index in [2.05, 4.69) is 48.2 Å². The molecule has 0 unspecified atom stereocenters. The van der Waals surface area contributed by atoms with Crippen LogP contribution in [-0.2, 0) is 6.54 Å². The number of hydrogen-bond acceptors (Lipinski definition) is 2. The zero-order valence-corrected chi connectivity index (χ0v) is 15.3. The summed E-state index contributed by atoms with van der Waals surface area (Å²) in [6.07, 6.45) is 0. The maximum atomic E-state index is 12.1. The third-order valence-electron chi connectivity index (χ3n) is 3.74. The second-order valence-electron chi connectivity index (χ2n) is 6.09. The summed E-state index contributed by atoms with van der Waals surface area (Å²) in [6.45, 7) is 2.18. The second kappa shape index (κ2) is 8.76. The Morgan fingerprint density at radius 2 is 1.68 bits per heavy atom. The summed E-state index contributed by atoms with van der Waals surface area (Å²) < 4.78 is 28.6. The number of nitrogens with one attached hydrogen (secondary N) is 1. The Hall–Kier alpha value is -2.21. The van der Waals surface area contributed by atoms with Crippen LogP contribution in [0.25, 0.3) is 0 Å². The molecular weight excluding hydrogens is 342 g/mol. The molecule has 0 fully saturated rings. The zero-order chi connectivity index (χ0) is 18.4. The molecule has 6 heteroatoms. The lowest BCUT2D eigenvalue weighted by molar-refractivity contribution is -0.0498. The maximum absolute atomic E-state index is 12.1. The normalized spacial score (nSPS) is 10.8. The third kappa shape index (κ3) is 5.98. The van der Waals surface area contributed by atoms with Crippen LogP contribution in [0.2, 0.25) is 0 Å². The first-order valence-electron chi connectivity index (χ1n) is 8.01. The van der Waals surface area contributed by atoms with Crippen LogP contribution in [-0.4, -0.2) is 23.7 Å². The minimum Gasteiger partial charge on any atom is -0.435 e. The van der Waals surface area contributed by atoms with Crippen LogP contribution < -0.4 is 10.1 Å². The molecule has 134 valence electrons. The van der Waals surface area contributed by atoms with Gasteiger partial charge in [0.1, 0.15) is 5.75 Å². The van der Waals surface area contributed by atoms with Crippen molar-refractivity contribution in [1.29, 1.82) is 0 Å². The van der Waals surface area contributed by atoms with Gasteiger partial charge in [-0.2, -0.15) is 8.78 Å². The number of thiocarbonyl (C=S) groups is 1. The van der Waals surface area contributed by atoms with Gasteiger partial charge in [-0.15, -0.1) is 0 Å². The molecule has 0 saturated carbocycles. The number of rotatable bonds is 6. The van der Waals surface area contributed by atoms with Crippen LogP contribution >= 0.6 is 12.2 Å². The molecule has 2 rings (SSSR count). The van der Waals surface area contributed by atoms with E-state index in [0.717, 1.165) is 5.56 Å². The van der Waals surface area contributed by atoms with Gasteiger partial charge in [0.25, 0.3) is 0 Å². The fourth-order valence-electron chi connectivity index (χ4n) is 2.29. The lowest BCUT2D eigenvalue weighted by Gasteiger charge is -2.21. The van der Waals surface area contributed by atoms with Crippen molar-refractivity contribution in [3.05, 3.63) is 59.7 Å². The standard InChI is InChI=1S/C19H22F2N2OS/c1-13(2)15-6-4-14(5-7-15)12-23(3)19(25)22-16-8-10-17(11-9-16)24-18(20)21/h4-11,13,18H,12H2,1-3H3,(H,22,25). The molecule has 0 radical (unpaired) electrons. The minimum absolute atomic E-state index is 0.116. The number of hydrogen-bond donors (Lipinski definition) is 1. The number of nitrogens with zero attached hydrogens (tertiary/aromatic N) is 1. The number of halogens is 2. The molecular formula is C19H22F2N2OS. The summed E-state index contributed by atoms with van der Waals surface area (Å²) in [4.78, 5) is 1.92. The van der Waals surface area contributed by atoms with Gasteiger partial charge in [0, 0.05) is 19.3 Å². The summed E-state index contributed by atoms with van der Waals surface area (Å²) in [6, 6.07) is 14.7. The molecule has 0 bridgehead atoms. The Bertz CT molecular complexity index is 688. The molecule has 0 atom stereocenters. The van der Waals surface area contributed by atoms with Gasteiger partial charge < -0.3 is 15.0 Å². The molecule has 1 N–H and O–H groups in total. The van der Waals surface area contributed by atoms with E-state index in [1.54, 1.807) is 12.1 Å². The highest BCUT2D eigenvalue weighted by molar-refractivity contribution is 7.80. The Labute approximate surface area is 152 Å². The molecule has 0 heterocycles. The van der Waals surface area contributed by atoms with Crippen molar-refractivity contribution in [2.45, 2.75) is 32.9 Å². The average molecular weight is 364 g/mol. The van der Waals surface area contributed by atoms with Crippen LogP contribution in [0.3, 0.4) is 0 Å². The van der Waals surface area contributed by atoms with E-state index in [1.165, 1.54) is 17.7 Å². The first kappa shape index (κ1) is 19.1. The summed E-state index contributed by atoms with van der Waals surface area (Å²) in [5, 5.41) is 3.64. The Morgan fingerprint density at radius 3 is 2.20 bits per heavy atom. The van der Waals surface area contributed by atoms with E-state index >= 15 is 0 Å². The monoisotopic (exact) mass is 364 g/mol. The van der Waals surface area contributed by atoms with E-state index in [4.69, 9.17) is 12.2 Å². The average Bonchev–Trinajstić information content (AvgIpc) is 2.56. The summed E-state index contributed by atoms with van der Waals surface area (Å²) in [7, 11) is 1.90. The molecule has 0 aliphatic rings. The maximum Gasteiger partial charge on any atom is 0.387 e. The Kier molecular flexibility index (Phi) is 6.70. The molecule has 2 aromatic carbocycles. The number of benzene rings is 2. The second-order valence-corrected chi connectivity index (χ2v) is 6.47. The quantitative estimate of drug-likeness (QED) is 0.709. The van der Waals surface area contributed by atoms with E-state index in [0.29, 0.717) is 23.3 Å². The summed E-state index contributed by atoms with van der Waals surface area (Å²) >= 11 is 5.39. The van der Waals surface area contributed by atoms with Crippen LogP contribution in [0.5, 0.6) is 5.75 Å². The predicted octanol–water partition coefficient (Wildman–Crippen LogP) is 5.24. The molecule has 2 aromatic rings. The first-order chi connectivity index (χ1) is 11.8. The molecule has 0 amide bonds. The zero-order valence-electron chi connectivity index (χ0n) is 14.5. The van der Waals surface area contributed by atoms with Crippen LogP contribution in [0.4, 0.5) is 14.5 Å². The highest BCUT2D eigenvalue weighted by Crippen LogP contribution is 2.19. The van der Waals surface area contributed by atoms with Crippen molar-refractivity contribution >= 4 is 23.0 Å². The number of alkyl halides is 2. The SMILES string of the molecule is CC(C)c1ccc(CN(C)C(=S)Nc2ccc(OC(F)F)cc2)cc1. The summed E-state index contributed by atoms with van der Waals surface area (Å²) in [5.74, 6) is 0.622. The molecule has 0 aliphatic heterocycles. The van der Waals surface area contributed by atoms with Crippen molar-refractivity contribution in [2.75, 3.05) is 12.4 Å². The van der Waals surface area contributed by atoms with E-state index in [9.17, 15) is 8.78 Å². The van der Waals surface area contributed by atoms with Gasteiger partial charge in [0.05, 0.1) is 0 Å². The predicted molar refractivity (Wildman–Crippen MR) is 101 cm³/mol. The van der Waals surface area contributed by atoms with Gasteiger partial charge in [0.15, 0.2) is 5.11 Å². The van der Waals surface area contributed by atoms with Gasteiger partial charge in [-0.1, -0.05) is 38.1 Å². The van der Waals surface area contributed by atoms with Crippen molar-refractivity contribution < 1.29 is 13.5 Å². The number of anilines is 1. The third-order valence-corrected chi connectivity index (χ3v) is 4.16. The first-order valence-corrected chi connectivity index (χ1v) is 8.42. The lowest BCUT2D eigenvalue weighted by Crippen LogP contribution is -2.30. The van der Waals surface area contributed by atoms with Crippen LogP contribution in [0, 0.1) is 0 Å².